The molecule has 0 radical (unpaired) electrons. The largest absolute Gasteiger partial charge is 0.393 e. The molecule has 0 atom stereocenters. The Bertz CT molecular complexity index is 387. The fourth-order valence-corrected chi connectivity index (χ4v) is 2.12. The normalized spacial score (nSPS) is 10.2. The number of aromatic nitrogens is 1. The van der Waals surface area contributed by atoms with E-state index in [1.165, 1.54) is 11.3 Å². The van der Waals surface area contributed by atoms with Gasteiger partial charge in [0.05, 0.1) is 17.6 Å². The van der Waals surface area contributed by atoms with Crippen LogP contribution in [0.15, 0.2) is 5.51 Å². The zero-order chi connectivity index (χ0) is 12.7. The number of hydrogen-bond donors (Lipinski definition) is 0. The average molecular weight is 255 g/mol. The van der Waals surface area contributed by atoms with Gasteiger partial charge in [0, 0.05) is 11.3 Å². The summed E-state index contributed by atoms with van der Waals surface area (Å²) in [4.78, 5) is 27.6. The molecule has 94 valence electrons. The number of nitrogens with zero attached hydrogens (tertiary/aromatic N) is 1. The van der Waals surface area contributed by atoms with Crippen molar-refractivity contribution in [2.75, 3.05) is 0 Å². The first-order valence-electron chi connectivity index (χ1n) is 5.76. The number of unbranched alkanes of at least 4 members (excludes halogenated alkanes) is 2. The predicted octanol–water partition coefficient (Wildman–Crippen LogP) is 2.64. The van der Waals surface area contributed by atoms with E-state index >= 15 is 0 Å². The molecule has 0 unspecified atom stereocenters. The minimum atomic E-state index is -0.487. The molecular formula is C12H17NO3S. The number of hydrogen-bond acceptors (Lipinski definition) is 5. The zero-order valence-electron chi connectivity index (χ0n) is 10.2. The molecule has 17 heavy (non-hydrogen) atoms. The molecule has 1 aromatic rings. The molecule has 0 aliphatic carbocycles. The van der Waals surface area contributed by atoms with E-state index in [1.54, 1.807) is 5.51 Å². The smallest absolute Gasteiger partial charge is 0.318 e. The third-order valence-corrected chi connectivity index (χ3v) is 3.30. The van der Waals surface area contributed by atoms with Crippen LogP contribution in [0.25, 0.3) is 0 Å². The van der Waals surface area contributed by atoms with E-state index in [0.29, 0.717) is 6.42 Å². The fourth-order valence-electron chi connectivity index (χ4n) is 1.36. The first kappa shape index (κ1) is 13.8. The van der Waals surface area contributed by atoms with E-state index in [2.05, 4.69) is 11.9 Å². The molecule has 0 aliphatic rings. The summed E-state index contributed by atoms with van der Waals surface area (Å²) in [6.07, 6.45) is 3.26. The van der Waals surface area contributed by atoms with Gasteiger partial charge >= 0.3 is 11.9 Å². The van der Waals surface area contributed by atoms with Crippen molar-refractivity contribution in [3.63, 3.8) is 0 Å². The number of esters is 2. The lowest BCUT2D eigenvalue weighted by Crippen LogP contribution is -2.14. The molecule has 0 N–H and O–H groups in total. The van der Waals surface area contributed by atoms with Gasteiger partial charge in [-0.25, -0.2) is 4.98 Å². The number of carbonyl (C=O) groups is 2. The van der Waals surface area contributed by atoms with E-state index in [-0.39, 0.29) is 6.42 Å². The van der Waals surface area contributed by atoms with Gasteiger partial charge in [0.15, 0.2) is 0 Å². The summed E-state index contributed by atoms with van der Waals surface area (Å²) < 4.78 is 4.73. The predicted molar refractivity (Wildman–Crippen MR) is 65.8 cm³/mol. The van der Waals surface area contributed by atoms with Crippen LogP contribution in [0, 0.1) is 6.92 Å². The highest BCUT2D eigenvalue weighted by molar-refractivity contribution is 7.09. The minimum absolute atomic E-state index is 0.135. The van der Waals surface area contributed by atoms with Crippen LogP contribution in [0.4, 0.5) is 0 Å². The quantitative estimate of drug-likeness (QED) is 0.445. The van der Waals surface area contributed by atoms with Crippen LogP contribution in [-0.2, 0) is 20.7 Å². The Kier molecular flexibility index (Phi) is 5.83. The molecule has 1 heterocycles. The van der Waals surface area contributed by atoms with Crippen LogP contribution in [-0.4, -0.2) is 16.9 Å². The molecule has 1 aromatic heterocycles. The van der Waals surface area contributed by atoms with Crippen LogP contribution in [0.1, 0.15) is 43.2 Å². The number of thiazole rings is 1. The van der Waals surface area contributed by atoms with E-state index < -0.39 is 11.9 Å². The maximum absolute atomic E-state index is 11.4. The van der Waals surface area contributed by atoms with Gasteiger partial charge in [-0.05, 0) is 13.3 Å². The van der Waals surface area contributed by atoms with Crippen LogP contribution < -0.4 is 0 Å². The van der Waals surface area contributed by atoms with Crippen molar-refractivity contribution in [2.24, 2.45) is 0 Å². The van der Waals surface area contributed by atoms with Gasteiger partial charge in [0.25, 0.3) is 0 Å². The molecule has 5 heteroatoms. The molecular weight excluding hydrogens is 238 g/mol. The number of aryl methyl sites for hydroxylation is 1. The summed E-state index contributed by atoms with van der Waals surface area (Å²) in [6, 6.07) is 0. The monoisotopic (exact) mass is 255 g/mol. The van der Waals surface area contributed by atoms with Crippen LogP contribution in [0.5, 0.6) is 0 Å². The summed E-state index contributed by atoms with van der Waals surface area (Å²) in [7, 11) is 0. The van der Waals surface area contributed by atoms with E-state index in [4.69, 9.17) is 4.74 Å². The van der Waals surface area contributed by atoms with Gasteiger partial charge in [-0.1, -0.05) is 19.8 Å². The molecule has 0 fully saturated rings. The molecule has 0 aromatic carbocycles. The van der Waals surface area contributed by atoms with Crippen molar-refractivity contribution in [3.05, 3.63) is 16.1 Å². The van der Waals surface area contributed by atoms with Gasteiger partial charge < -0.3 is 4.74 Å². The van der Waals surface area contributed by atoms with Crippen molar-refractivity contribution < 1.29 is 14.3 Å². The lowest BCUT2D eigenvalue weighted by Gasteiger charge is -2.02. The third-order valence-electron chi connectivity index (χ3n) is 2.36. The molecule has 0 saturated carbocycles. The van der Waals surface area contributed by atoms with Crippen LogP contribution in [0.2, 0.25) is 0 Å². The lowest BCUT2D eigenvalue weighted by atomic mass is 10.2. The summed E-state index contributed by atoms with van der Waals surface area (Å²) in [5.74, 6) is -0.913. The first-order valence-corrected chi connectivity index (χ1v) is 6.64. The Morgan fingerprint density at radius 3 is 2.71 bits per heavy atom. The van der Waals surface area contributed by atoms with Gasteiger partial charge in [-0.2, -0.15) is 0 Å². The topological polar surface area (TPSA) is 56.3 Å². The summed E-state index contributed by atoms with van der Waals surface area (Å²) in [5, 5.41) is 0. The van der Waals surface area contributed by atoms with Gasteiger partial charge in [-0.3, -0.25) is 9.59 Å². The average Bonchev–Trinajstić information content (AvgIpc) is 2.64. The Balaban J connectivity index is 2.30. The summed E-state index contributed by atoms with van der Waals surface area (Å²) in [5.41, 5.74) is 2.51. The van der Waals surface area contributed by atoms with E-state index in [1.807, 2.05) is 6.92 Å². The van der Waals surface area contributed by atoms with Crippen LogP contribution >= 0.6 is 11.3 Å². The number of carbonyl (C=O) groups excluding carboxylic acids is 2. The lowest BCUT2D eigenvalue weighted by molar-refractivity contribution is -0.159. The molecule has 0 amide bonds. The van der Waals surface area contributed by atoms with Crippen molar-refractivity contribution >= 4 is 23.3 Å². The van der Waals surface area contributed by atoms with E-state index in [0.717, 1.165) is 29.8 Å². The first-order chi connectivity index (χ1) is 8.13. The van der Waals surface area contributed by atoms with Gasteiger partial charge in [0.1, 0.15) is 0 Å². The Labute approximate surface area is 105 Å². The maximum atomic E-state index is 11.4. The highest BCUT2D eigenvalue weighted by atomic mass is 32.1. The maximum Gasteiger partial charge on any atom is 0.318 e. The van der Waals surface area contributed by atoms with E-state index in [9.17, 15) is 9.59 Å². The van der Waals surface area contributed by atoms with Crippen molar-refractivity contribution in [1.82, 2.24) is 4.98 Å². The highest BCUT2D eigenvalue weighted by Gasteiger charge is 2.13. The van der Waals surface area contributed by atoms with Gasteiger partial charge in [0.2, 0.25) is 0 Å². The number of ether oxygens (including phenoxy) is 1. The van der Waals surface area contributed by atoms with Gasteiger partial charge in [-0.15, -0.1) is 11.3 Å². The summed E-state index contributed by atoms with van der Waals surface area (Å²) >= 11 is 1.40. The summed E-state index contributed by atoms with van der Waals surface area (Å²) in [6.45, 7) is 3.89. The third kappa shape index (κ3) is 5.08. The van der Waals surface area contributed by atoms with Crippen molar-refractivity contribution in [2.45, 2.75) is 46.0 Å². The second kappa shape index (κ2) is 7.17. The molecule has 1 rings (SSSR count). The standard InChI is InChI=1S/C12H17NO3S/c1-3-4-5-6-11(14)16-12(15)7-10-9(2)13-8-17-10/h8H,3-7H2,1-2H3. The Morgan fingerprint density at radius 2 is 2.12 bits per heavy atom. The molecule has 0 saturated heterocycles. The minimum Gasteiger partial charge on any atom is -0.393 e. The number of rotatable bonds is 6. The molecule has 4 nitrogen and oxygen atoms in total. The molecule has 0 aliphatic heterocycles. The fraction of sp³-hybridized carbons (Fsp3) is 0.583. The SMILES string of the molecule is CCCCCC(=O)OC(=O)Cc1scnc1C. The Morgan fingerprint density at radius 1 is 1.35 bits per heavy atom. The van der Waals surface area contributed by atoms with Crippen molar-refractivity contribution in [1.29, 1.82) is 0 Å². The second-order valence-corrected chi connectivity index (χ2v) is 4.78. The molecule has 0 spiro atoms. The zero-order valence-corrected chi connectivity index (χ0v) is 11.0. The van der Waals surface area contributed by atoms with Crippen molar-refractivity contribution in [3.8, 4) is 0 Å². The molecule has 0 bridgehead atoms. The highest BCUT2D eigenvalue weighted by Crippen LogP contribution is 2.13. The van der Waals surface area contributed by atoms with Crippen LogP contribution in [0.3, 0.4) is 0 Å². The second-order valence-electron chi connectivity index (χ2n) is 3.84. The Hall–Kier alpha value is -1.23.